The molecule has 0 aliphatic heterocycles. The minimum Gasteiger partial charge on any atom is -0.481 e. The van der Waals surface area contributed by atoms with E-state index in [-0.39, 0.29) is 5.56 Å². The molecule has 2 heterocycles. The molecule has 1 atom stereocenters. The Bertz CT molecular complexity index is 775. The number of carboxylic acids is 1. The van der Waals surface area contributed by atoms with Gasteiger partial charge in [-0.3, -0.25) is 14.2 Å². The SMILES string of the molecule is CCCn1c(CC)nc2sc3c(c2c1=O)C(C(=O)O)CC3. The topological polar surface area (TPSA) is 72.2 Å². The van der Waals surface area contributed by atoms with Gasteiger partial charge in [-0.1, -0.05) is 13.8 Å². The highest BCUT2D eigenvalue weighted by Gasteiger charge is 2.34. The molecule has 5 nitrogen and oxygen atoms in total. The summed E-state index contributed by atoms with van der Waals surface area (Å²) >= 11 is 1.49. The van der Waals surface area contributed by atoms with Crippen LogP contribution < -0.4 is 5.56 Å². The average Bonchev–Trinajstić information content (AvgIpc) is 2.99. The second-order valence-corrected chi connectivity index (χ2v) is 6.47. The minimum atomic E-state index is -0.838. The second kappa shape index (κ2) is 5.26. The van der Waals surface area contributed by atoms with E-state index in [1.807, 2.05) is 13.8 Å². The van der Waals surface area contributed by atoms with Crippen LogP contribution in [0.15, 0.2) is 4.79 Å². The summed E-state index contributed by atoms with van der Waals surface area (Å²) in [4.78, 5) is 30.6. The zero-order valence-corrected chi connectivity index (χ0v) is 13.0. The summed E-state index contributed by atoms with van der Waals surface area (Å²) in [5.74, 6) is -0.596. The zero-order valence-electron chi connectivity index (χ0n) is 12.2. The lowest BCUT2D eigenvalue weighted by Crippen LogP contribution is -2.25. The highest BCUT2D eigenvalue weighted by Crippen LogP contribution is 2.42. The number of aromatic nitrogens is 2. The first-order valence-electron chi connectivity index (χ1n) is 7.36. The lowest BCUT2D eigenvalue weighted by atomic mass is 10.0. The molecule has 6 heteroatoms. The van der Waals surface area contributed by atoms with Gasteiger partial charge in [0.2, 0.25) is 0 Å². The normalized spacial score (nSPS) is 17.3. The molecular formula is C15H18N2O3S. The van der Waals surface area contributed by atoms with Crippen LogP contribution in [0, 0.1) is 0 Å². The number of carboxylic acid groups (broad SMARTS) is 1. The Kier molecular flexibility index (Phi) is 3.57. The van der Waals surface area contributed by atoms with Gasteiger partial charge in [0.25, 0.3) is 5.56 Å². The number of aryl methyl sites for hydroxylation is 2. The van der Waals surface area contributed by atoms with Crippen LogP contribution in [0.5, 0.6) is 0 Å². The second-order valence-electron chi connectivity index (χ2n) is 5.39. The van der Waals surface area contributed by atoms with Crippen LogP contribution in [-0.4, -0.2) is 20.6 Å². The molecule has 1 unspecified atom stereocenters. The molecule has 1 aliphatic rings. The quantitative estimate of drug-likeness (QED) is 0.942. The van der Waals surface area contributed by atoms with Crippen LogP contribution in [0.3, 0.4) is 0 Å². The molecule has 0 amide bonds. The first-order valence-corrected chi connectivity index (χ1v) is 8.17. The van der Waals surface area contributed by atoms with E-state index >= 15 is 0 Å². The number of hydrogen-bond donors (Lipinski definition) is 1. The van der Waals surface area contributed by atoms with Gasteiger partial charge in [-0.15, -0.1) is 11.3 Å². The molecule has 21 heavy (non-hydrogen) atoms. The van der Waals surface area contributed by atoms with Crippen LogP contribution in [-0.2, 0) is 24.2 Å². The van der Waals surface area contributed by atoms with E-state index in [1.165, 1.54) is 11.3 Å². The maximum Gasteiger partial charge on any atom is 0.311 e. The fraction of sp³-hybridized carbons (Fsp3) is 0.533. The summed E-state index contributed by atoms with van der Waals surface area (Å²) in [6.07, 6.45) is 2.89. The summed E-state index contributed by atoms with van der Waals surface area (Å²) in [6, 6.07) is 0. The highest BCUT2D eigenvalue weighted by molar-refractivity contribution is 7.18. The molecule has 0 radical (unpaired) electrons. The molecule has 0 saturated heterocycles. The fourth-order valence-electron chi connectivity index (χ4n) is 3.14. The summed E-state index contributed by atoms with van der Waals surface area (Å²) in [7, 11) is 0. The summed E-state index contributed by atoms with van der Waals surface area (Å²) in [5, 5.41) is 9.92. The number of nitrogens with zero attached hydrogens (tertiary/aromatic N) is 2. The van der Waals surface area contributed by atoms with E-state index in [0.717, 1.165) is 29.1 Å². The van der Waals surface area contributed by atoms with Gasteiger partial charge in [0.05, 0.1) is 11.3 Å². The average molecular weight is 306 g/mol. The molecule has 2 aromatic rings. The molecular weight excluding hydrogens is 288 g/mol. The molecule has 112 valence electrons. The van der Waals surface area contributed by atoms with Crippen molar-refractivity contribution in [2.45, 2.75) is 52.0 Å². The number of hydrogen-bond acceptors (Lipinski definition) is 4. The first kappa shape index (κ1) is 14.3. The third kappa shape index (κ3) is 2.09. The number of aliphatic carboxylic acids is 1. The molecule has 2 aromatic heterocycles. The Balaban J connectivity index is 2.32. The number of rotatable bonds is 4. The summed E-state index contributed by atoms with van der Waals surface area (Å²) in [6.45, 7) is 4.64. The van der Waals surface area contributed by atoms with Crippen molar-refractivity contribution in [1.82, 2.24) is 9.55 Å². The third-order valence-corrected chi connectivity index (χ3v) is 5.23. The third-order valence-electron chi connectivity index (χ3n) is 4.07. The predicted octanol–water partition coefficient (Wildman–Crippen LogP) is 2.54. The van der Waals surface area contributed by atoms with E-state index in [9.17, 15) is 14.7 Å². The van der Waals surface area contributed by atoms with E-state index in [0.29, 0.717) is 29.6 Å². The number of fused-ring (bicyclic) bond motifs is 3. The fourth-order valence-corrected chi connectivity index (χ4v) is 4.40. The Morgan fingerprint density at radius 3 is 2.86 bits per heavy atom. The van der Waals surface area contributed by atoms with Crippen LogP contribution in [0.25, 0.3) is 10.2 Å². The molecule has 1 N–H and O–H groups in total. The van der Waals surface area contributed by atoms with Gasteiger partial charge in [0, 0.05) is 17.8 Å². The maximum absolute atomic E-state index is 12.8. The molecule has 0 fully saturated rings. The first-order chi connectivity index (χ1) is 10.1. The van der Waals surface area contributed by atoms with Crippen molar-refractivity contribution in [2.24, 2.45) is 0 Å². The van der Waals surface area contributed by atoms with Gasteiger partial charge >= 0.3 is 5.97 Å². The summed E-state index contributed by atoms with van der Waals surface area (Å²) < 4.78 is 1.71. The van der Waals surface area contributed by atoms with Crippen LogP contribution in [0.1, 0.15) is 48.9 Å². The number of thiophene rings is 1. The van der Waals surface area contributed by atoms with Crippen molar-refractivity contribution in [3.63, 3.8) is 0 Å². The Morgan fingerprint density at radius 1 is 1.48 bits per heavy atom. The number of carbonyl (C=O) groups is 1. The molecule has 0 bridgehead atoms. The Hall–Kier alpha value is -1.69. The van der Waals surface area contributed by atoms with E-state index < -0.39 is 11.9 Å². The molecule has 0 aromatic carbocycles. The van der Waals surface area contributed by atoms with Gasteiger partial charge in [-0.25, -0.2) is 4.98 Å². The van der Waals surface area contributed by atoms with E-state index in [2.05, 4.69) is 4.98 Å². The van der Waals surface area contributed by atoms with Crippen molar-refractivity contribution in [1.29, 1.82) is 0 Å². The molecule has 1 aliphatic carbocycles. The predicted molar refractivity (Wildman–Crippen MR) is 82.2 cm³/mol. The highest BCUT2D eigenvalue weighted by atomic mass is 32.1. The van der Waals surface area contributed by atoms with Crippen molar-refractivity contribution in [3.05, 3.63) is 26.6 Å². The van der Waals surface area contributed by atoms with Crippen LogP contribution in [0.4, 0.5) is 0 Å². The molecule has 0 saturated carbocycles. The van der Waals surface area contributed by atoms with Crippen LogP contribution >= 0.6 is 11.3 Å². The van der Waals surface area contributed by atoms with Gasteiger partial charge in [-0.05, 0) is 24.8 Å². The van der Waals surface area contributed by atoms with Crippen molar-refractivity contribution in [2.75, 3.05) is 0 Å². The Morgan fingerprint density at radius 2 is 2.24 bits per heavy atom. The largest absolute Gasteiger partial charge is 0.481 e. The van der Waals surface area contributed by atoms with Gasteiger partial charge in [0.1, 0.15) is 10.7 Å². The van der Waals surface area contributed by atoms with Gasteiger partial charge < -0.3 is 5.11 Å². The van der Waals surface area contributed by atoms with Crippen molar-refractivity contribution in [3.8, 4) is 0 Å². The molecule has 0 spiro atoms. The smallest absolute Gasteiger partial charge is 0.311 e. The van der Waals surface area contributed by atoms with Crippen LogP contribution in [0.2, 0.25) is 0 Å². The van der Waals surface area contributed by atoms with Gasteiger partial charge in [-0.2, -0.15) is 0 Å². The minimum absolute atomic E-state index is 0.0654. The standard InChI is InChI=1S/C15H18N2O3S/c1-3-7-17-10(4-2)16-13-12(14(17)18)11-8(15(19)20)5-6-9(11)21-13/h8H,3-7H2,1-2H3,(H,19,20). The van der Waals surface area contributed by atoms with E-state index in [4.69, 9.17) is 0 Å². The van der Waals surface area contributed by atoms with E-state index in [1.54, 1.807) is 4.57 Å². The zero-order chi connectivity index (χ0) is 15.1. The lowest BCUT2D eigenvalue weighted by molar-refractivity contribution is -0.138. The Labute approximate surface area is 126 Å². The van der Waals surface area contributed by atoms with Gasteiger partial charge in [0.15, 0.2) is 0 Å². The monoisotopic (exact) mass is 306 g/mol. The molecule has 3 rings (SSSR count). The van der Waals surface area contributed by atoms with Crippen molar-refractivity contribution >= 4 is 27.5 Å². The lowest BCUT2D eigenvalue weighted by Gasteiger charge is -2.11. The summed E-state index contributed by atoms with van der Waals surface area (Å²) in [5.41, 5.74) is 0.664. The maximum atomic E-state index is 12.8. The van der Waals surface area contributed by atoms with Crippen molar-refractivity contribution < 1.29 is 9.90 Å².